The molecule has 3 aromatic heterocycles. The van der Waals surface area contributed by atoms with Crippen molar-refractivity contribution < 1.29 is 35.8 Å². The number of ether oxygens (including phenoxy) is 4. The van der Waals surface area contributed by atoms with Gasteiger partial charge in [-0.2, -0.15) is 19.0 Å². The van der Waals surface area contributed by atoms with Gasteiger partial charge >= 0.3 is 0 Å². The first-order chi connectivity index (χ1) is 38.9. The van der Waals surface area contributed by atoms with Crippen LogP contribution in [0.25, 0.3) is 20.4 Å². The minimum Gasteiger partial charge on any atom is -0.383 e. The number of azo groups is 1. The Labute approximate surface area is 490 Å². The quantitative estimate of drug-likeness (QED) is 0.0557. The number of fused-ring (bicyclic) bond motifs is 2. The predicted octanol–water partition coefficient (Wildman–Crippen LogP) is 12.9. The number of thiazole rings is 2. The Morgan fingerprint density at radius 3 is 1.61 bits per heavy atom. The second-order valence-corrected chi connectivity index (χ2v) is 27.4. The fourth-order valence-corrected chi connectivity index (χ4v) is 15.3. The minimum atomic E-state index is -3.95. The number of aromatic nitrogens is 3. The predicted molar refractivity (Wildman–Crippen MR) is 327 cm³/mol. The van der Waals surface area contributed by atoms with Gasteiger partial charge in [0.1, 0.15) is 22.6 Å². The molecule has 1 N–H and O–H groups in total. The van der Waals surface area contributed by atoms with E-state index >= 15 is 0 Å². The Morgan fingerprint density at radius 2 is 1.12 bits per heavy atom. The zero-order valence-electron chi connectivity index (χ0n) is 49.1. The minimum absolute atomic E-state index is 0.118. The molecular formula is C60H72N10O8S4. The zero-order valence-corrected chi connectivity index (χ0v) is 52.4. The number of aryl methyl sites for hydroxylation is 7. The molecule has 1 unspecified atom stereocenters. The van der Waals surface area contributed by atoms with E-state index in [4.69, 9.17) is 44.1 Å². The molecule has 3 heterocycles. The van der Waals surface area contributed by atoms with Crippen LogP contribution < -0.4 is 10.2 Å². The van der Waals surface area contributed by atoms with E-state index in [9.17, 15) is 22.1 Å². The molecule has 0 aliphatic heterocycles. The molecule has 22 heteroatoms. The van der Waals surface area contributed by atoms with Crippen molar-refractivity contribution in [1.29, 1.82) is 5.26 Å². The van der Waals surface area contributed by atoms with Gasteiger partial charge in [0.25, 0.3) is 0 Å². The summed E-state index contributed by atoms with van der Waals surface area (Å²) in [6, 6.07) is 22.7. The highest BCUT2D eigenvalue weighted by Gasteiger charge is 2.37. The van der Waals surface area contributed by atoms with Crippen LogP contribution in [0.3, 0.4) is 0 Å². The molecule has 82 heavy (non-hydrogen) atoms. The van der Waals surface area contributed by atoms with Gasteiger partial charge in [-0.1, -0.05) is 73.6 Å². The Morgan fingerprint density at radius 1 is 0.634 bits per heavy atom. The number of benzene rings is 4. The number of nitrogens with one attached hydrogen (secondary N) is 1. The summed E-state index contributed by atoms with van der Waals surface area (Å²) in [7, 11) is -1.75. The maximum atomic E-state index is 14.2. The average molecular weight is 1190 g/mol. The van der Waals surface area contributed by atoms with E-state index in [0.29, 0.717) is 64.7 Å². The summed E-state index contributed by atoms with van der Waals surface area (Å²) in [5, 5.41) is 25.9. The summed E-state index contributed by atoms with van der Waals surface area (Å²) >= 11 is 2.69. The number of hydrogen-bond donors (Lipinski definition) is 1. The van der Waals surface area contributed by atoms with E-state index in [0.717, 1.165) is 50.3 Å². The van der Waals surface area contributed by atoms with Gasteiger partial charge in [-0.05, 0) is 130 Å². The van der Waals surface area contributed by atoms with Crippen molar-refractivity contribution in [3.63, 3.8) is 0 Å². The monoisotopic (exact) mass is 1190 g/mol. The summed E-state index contributed by atoms with van der Waals surface area (Å²) in [6.07, 6.45) is 2.02. The molecule has 0 saturated heterocycles. The van der Waals surface area contributed by atoms with Gasteiger partial charge in [-0.25, -0.2) is 31.8 Å². The van der Waals surface area contributed by atoms with Crippen LogP contribution in [-0.2, 0) is 39.0 Å². The normalized spacial score (nSPS) is 14.3. The Balaban J connectivity index is 1.28. The number of hydrogen-bond acceptors (Lipinski definition) is 18. The third-order valence-corrected chi connectivity index (χ3v) is 20.0. The van der Waals surface area contributed by atoms with Gasteiger partial charge in [0, 0.05) is 60.3 Å². The third-order valence-electron chi connectivity index (χ3n) is 14.1. The van der Waals surface area contributed by atoms with Crippen molar-refractivity contribution in [2.75, 3.05) is 91.3 Å². The van der Waals surface area contributed by atoms with Crippen molar-refractivity contribution >= 4 is 97.0 Å². The number of nitrogens with zero attached hydrogens (tertiary/aromatic N) is 9. The van der Waals surface area contributed by atoms with E-state index in [1.54, 1.807) is 36.4 Å². The lowest BCUT2D eigenvalue weighted by Crippen LogP contribution is -2.36. The number of methoxy groups -OCH3 is 4. The van der Waals surface area contributed by atoms with E-state index in [1.165, 1.54) is 59.7 Å². The number of allylic oxidation sites excluding steroid dienone is 3. The van der Waals surface area contributed by atoms with Crippen LogP contribution in [-0.4, -0.2) is 121 Å². The van der Waals surface area contributed by atoms with Gasteiger partial charge in [0.15, 0.2) is 10.9 Å². The summed E-state index contributed by atoms with van der Waals surface area (Å²) < 4.78 is 81.5. The smallest absolute Gasteiger partial charge is 0.243 e. The molecule has 0 bridgehead atoms. The van der Waals surface area contributed by atoms with Gasteiger partial charge in [0.2, 0.25) is 20.0 Å². The van der Waals surface area contributed by atoms with Crippen molar-refractivity contribution in [2.24, 2.45) is 15.6 Å². The van der Waals surface area contributed by atoms with Crippen LogP contribution in [0, 0.1) is 65.2 Å². The van der Waals surface area contributed by atoms with Gasteiger partial charge in [0.05, 0.1) is 79.5 Å². The summed E-state index contributed by atoms with van der Waals surface area (Å²) in [5.74, 6) is 0.295. The highest BCUT2D eigenvalue weighted by molar-refractivity contribution is 7.89. The second-order valence-electron chi connectivity index (χ2n) is 21.4. The van der Waals surface area contributed by atoms with Gasteiger partial charge in [-0.3, -0.25) is 4.90 Å². The molecule has 1 atom stereocenters. The zero-order chi connectivity index (χ0) is 59.4. The van der Waals surface area contributed by atoms with Crippen molar-refractivity contribution in [1.82, 2.24) is 23.6 Å². The molecule has 0 spiro atoms. The van der Waals surface area contributed by atoms with Gasteiger partial charge < -0.3 is 24.3 Å². The maximum Gasteiger partial charge on any atom is 0.243 e. The largest absolute Gasteiger partial charge is 0.383 e. The van der Waals surface area contributed by atoms with E-state index < -0.39 is 31.4 Å². The van der Waals surface area contributed by atoms with Crippen LogP contribution in [0.4, 0.5) is 33.8 Å². The highest BCUT2D eigenvalue weighted by atomic mass is 32.2. The standard InChI is InChI=1S/C60H72N10O8S4/c1-36-27-38(3)53(39(4)28-36)65-57-54(66-67-55-45(34-47(46(55)35-61)60(8,9)10)58-62-48-17-15-43(32-50(48)79-58)81(71,72)68(19-23-75-11)20-24-76-12)40(5)31-52(64-57)70(56-41(6)29-37(2)30-42(56)7)59-63-49-18-16-44(33-51(49)80-59)82(73,74)69(21-25-77-13)22-26-78-14/h15-18,27-34,45H,19-26H2,1-14H3,(H,64,65). The first-order valence-corrected chi connectivity index (χ1v) is 31.3. The van der Waals surface area contributed by atoms with E-state index in [1.807, 2.05) is 58.6 Å². The second kappa shape index (κ2) is 25.6. The van der Waals surface area contributed by atoms with Gasteiger partial charge in [-0.15, -0.1) is 16.5 Å². The molecule has 4 aromatic carbocycles. The number of nitriles is 1. The van der Waals surface area contributed by atoms with Crippen LogP contribution in [0.2, 0.25) is 0 Å². The molecule has 0 radical (unpaired) electrons. The van der Waals surface area contributed by atoms with Crippen LogP contribution in [0.1, 0.15) is 70.6 Å². The average Bonchev–Trinajstić information content (AvgIpc) is 4.19. The summed E-state index contributed by atoms with van der Waals surface area (Å²) in [5.41, 5.74) is 11.2. The molecule has 8 rings (SSSR count). The number of rotatable bonds is 24. The fraction of sp³-hybridized carbons (Fsp3) is 0.400. The lowest BCUT2D eigenvalue weighted by Gasteiger charge is -2.27. The summed E-state index contributed by atoms with van der Waals surface area (Å²) in [4.78, 5) is 17.9. The number of anilines is 5. The van der Waals surface area contributed by atoms with Crippen LogP contribution in [0.5, 0.6) is 0 Å². The molecule has 7 aromatic rings. The molecule has 1 aliphatic carbocycles. The van der Waals surface area contributed by atoms with Crippen molar-refractivity contribution in [3.8, 4) is 6.07 Å². The van der Waals surface area contributed by atoms with Crippen LogP contribution >= 0.6 is 22.7 Å². The number of sulfonamides is 2. The third kappa shape index (κ3) is 13.0. The topological polar surface area (TPSA) is 214 Å². The van der Waals surface area contributed by atoms with Crippen LogP contribution in [0.15, 0.2) is 110 Å². The maximum absolute atomic E-state index is 14.2. The molecule has 1 aliphatic rings. The SMILES string of the molecule is COCCN(CCOC)S(=O)(=O)c1ccc2nc(C3C=C(C(C)(C)C)C(C#N)=C3N=Nc3c(C)cc(N(c4nc5ccc(S(=O)(=O)N(CCOC)CCOC)cc5s4)c4c(C)cc(C)cc4C)nc3Nc3c(C)cc(C)cc3C)sc2c1. The molecule has 0 fully saturated rings. The number of pyridine rings is 1. The lowest BCUT2D eigenvalue weighted by molar-refractivity contribution is 0.150. The lowest BCUT2D eigenvalue weighted by atomic mass is 9.83. The Kier molecular flexibility index (Phi) is 19.3. The molecule has 0 saturated carbocycles. The highest BCUT2D eigenvalue weighted by Crippen LogP contribution is 2.49. The molecule has 18 nitrogen and oxygen atoms in total. The Bertz CT molecular complexity index is 3850. The van der Waals surface area contributed by atoms with E-state index in [2.05, 4.69) is 63.3 Å². The fourth-order valence-electron chi connectivity index (χ4n) is 10.2. The summed E-state index contributed by atoms with van der Waals surface area (Å²) in [6.45, 7) is 21.9. The van der Waals surface area contributed by atoms with E-state index in [-0.39, 0.29) is 62.4 Å². The first-order valence-electron chi connectivity index (χ1n) is 26.8. The molecular weight excluding hydrogens is 1120 g/mol. The molecule has 0 amide bonds. The first kappa shape index (κ1) is 61.7. The molecule has 434 valence electrons. The Hall–Kier alpha value is -6.36. The van der Waals surface area contributed by atoms with Crippen molar-refractivity contribution in [3.05, 3.63) is 134 Å². The van der Waals surface area contributed by atoms with Crippen molar-refractivity contribution in [2.45, 2.75) is 84.9 Å².